The molecule has 0 fully saturated rings. The van der Waals surface area contributed by atoms with Gasteiger partial charge < -0.3 is 0 Å². The maximum absolute atomic E-state index is 4.93. The molecular weight excluding hydrogens is 1030 g/mol. The van der Waals surface area contributed by atoms with Crippen LogP contribution in [0.3, 0.4) is 0 Å². The van der Waals surface area contributed by atoms with Gasteiger partial charge in [0.2, 0.25) is 0 Å². The van der Waals surface area contributed by atoms with E-state index in [1.165, 1.54) is 159 Å². The Morgan fingerprint density at radius 3 is 0.905 bits per heavy atom. The van der Waals surface area contributed by atoms with Crippen LogP contribution < -0.4 is 0 Å². The Morgan fingerprint density at radius 1 is 0.338 bits per heavy atom. The van der Waals surface area contributed by atoms with Crippen LogP contribution in [0.2, 0.25) is 13.1 Å². The van der Waals surface area contributed by atoms with E-state index in [9.17, 15) is 0 Å². The summed E-state index contributed by atoms with van der Waals surface area (Å²) in [4.78, 5) is 0. The third-order valence-corrected chi connectivity index (χ3v) is 14.4. The first-order valence-electron chi connectivity index (χ1n) is 26.4. The zero-order chi connectivity index (χ0) is 51.2. The number of hydrogen-bond acceptors (Lipinski definition) is 0. The van der Waals surface area contributed by atoms with Crippen LogP contribution in [0.5, 0.6) is 0 Å². The first-order valence-corrected chi connectivity index (χ1v) is 34.7. The van der Waals surface area contributed by atoms with Crippen LogP contribution in [-0.4, -0.2) is 9.52 Å². The van der Waals surface area contributed by atoms with Crippen LogP contribution in [-0.2, 0) is 33.7 Å². The second kappa shape index (κ2) is 26.1. The molecule has 0 aromatic heterocycles. The second-order valence-electron chi connectivity index (χ2n) is 19.3. The number of rotatable bonds is 12. The van der Waals surface area contributed by atoms with Gasteiger partial charge in [-0.15, -0.1) is 44.8 Å². The summed E-state index contributed by atoms with van der Waals surface area (Å²) >= 11 is -0.826. The van der Waals surface area contributed by atoms with Crippen molar-refractivity contribution in [2.24, 2.45) is 0 Å². The molecule has 0 aliphatic heterocycles. The van der Waals surface area contributed by atoms with Gasteiger partial charge >= 0.3 is 37.9 Å². The summed E-state index contributed by atoms with van der Waals surface area (Å²) in [6.45, 7) is 8.86. The Kier molecular flexibility index (Phi) is 18.7. The van der Waals surface area contributed by atoms with Crippen molar-refractivity contribution in [3.05, 3.63) is 230 Å². The molecule has 12 aromatic rings. The number of hydrogen-bond donors (Lipinski definition) is 0. The fraction of sp³-hybridized carbons (Fsp3) is 0.171. The van der Waals surface area contributed by atoms with Crippen LogP contribution >= 0.6 is 17.0 Å². The van der Waals surface area contributed by atoms with Gasteiger partial charge in [0, 0.05) is 9.52 Å². The predicted octanol–water partition coefficient (Wildman–Crippen LogP) is 22.0. The van der Waals surface area contributed by atoms with Crippen LogP contribution in [0.15, 0.2) is 218 Å². The molecule has 0 aliphatic carbocycles. The van der Waals surface area contributed by atoms with E-state index >= 15 is 0 Å². The quantitative estimate of drug-likeness (QED) is 0.0650. The fourth-order valence-electron chi connectivity index (χ4n) is 10.9. The van der Waals surface area contributed by atoms with Crippen LogP contribution in [0.1, 0.15) is 63.5 Å². The molecule has 0 spiro atoms. The molecule has 0 aliphatic rings. The van der Waals surface area contributed by atoms with Crippen LogP contribution in [0, 0.1) is 0 Å². The van der Waals surface area contributed by atoms with E-state index in [1.807, 2.05) is 0 Å². The summed E-state index contributed by atoms with van der Waals surface area (Å²) in [5, 5.41) is 15.9. The number of halogens is 2. The summed E-state index contributed by atoms with van der Waals surface area (Å²) in [6.07, 6.45) is 9.87. The zero-order valence-electron chi connectivity index (χ0n) is 43.2. The minimum absolute atomic E-state index is 0.826. The monoisotopic (exact) mass is 1090 g/mol. The standard InChI is InChI=1S/2C34H29.C2H6Si.2ClH.Zr/c2*1-2-3-4-11-24-22-33-31(29-18-9-14-25-12-5-7-16-27(25)29)20-21-32(34(33)23-24)30-19-10-15-26-13-6-8-17-28(26)30;1-3-2;;;/h2*5-10,12-23H,2-4,11H2,1H3;1-2H3;2*1H;/q2*-1;;;;+4/p-2. The van der Waals surface area contributed by atoms with E-state index in [1.54, 1.807) is 0 Å². The first-order chi connectivity index (χ1) is 36.5. The molecule has 0 nitrogen and oxygen atoms in total. The second-order valence-corrected chi connectivity index (χ2v) is 24.0. The van der Waals surface area contributed by atoms with Gasteiger partial charge in [0.1, 0.15) is 0 Å². The average molecular weight is 1100 g/mol. The van der Waals surface area contributed by atoms with E-state index in [2.05, 4.69) is 245 Å². The van der Waals surface area contributed by atoms with E-state index in [0.717, 1.165) is 22.4 Å². The van der Waals surface area contributed by atoms with Gasteiger partial charge in [0.15, 0.2) is 0 Å². The molecule has 0 atom stereocenters. The Balaban J connectivity index is 0.000000165. The number of aryl methyl sites for hydroxylation is 2. The number of fused-ring (bicyclic) bond motifs is 6. The van der Waals surface area contributed by atoms with E-state index in [4.69, 9.17) is 17.0 Å². The maximum atomic E-state index is 4.93. The van der Waals surface area contributed by atoms with E-state index < -0.39 is 20.8 Å². The number of unbranched alkanes of at least 4 members (excludes halogenated alkanes) is 4. The molecule has 12 aromatic carbocycles. The number of benzene rings is 10. The van der Waals surface area contributed by atoms with Crippen LogP contribution in [0.4, 0.5) is 0 Å². The van der Waals surface area contributed by atoms with Crippen LogP contribution in [0.25, 0.3) is 109 Å². The van der Waals surface area contributed by atoms with Crippen molar-refractivity contribution in [1.82, 2.24) is 0 Å². The van der Waals surface area contributed by atoms with Gasteiger partial charge in [-0.05, 0) is 67.1 Å². The minimum atomic E-state index is -0.826. The summed E-state index contributed by atoms with van der Waals surface area (Å²) in [6, 6.07) is 80.8. The SMILES string of the molecule is CCCCCc1cc2c(-c3cccc4ccccc34)ccc(-c3cccc4ccccc34)c2[cH-]1.CCCCCc1cc2c(-c3cccc4ccccc34)ccc(-c3cccc4ccccc34)c2[cH-]1.C[Si]C.[Cl][Zr+2][Cl]. The first kappa shape index (κ1) is 53.0. The molecule has 74 heavy (non-hydrogen) atoms. The molecule has 0 heterocycles. The molecule has 366 valence electrons. The molecule has 2 radical (unpaired) electrons. The summed E-state index contributed by atoms with van der Waals surface area (Å²) in [5.41, 5.74) is 13.5. The Morgan fingerprint density at radius 2 is 0.595 bits per heavy atom. The molecular formula is C70H64Cl2SiZr. The third kappa shape index (κ3) is 11.8. The van der Waals surface area contributed by atoms with Crippen molar-refractivity contribution < 1.29 is 20.8 Å². The van der Waals surface area contributed by atoms with Gasteiger partial charge in [-0.3, -0.25) is 0 Å². The average Bonchev–Trinajstić information content (AvgIpc) is 4.08. The summed E-state index contributed by atoms with van der Waals surface area (Å²) in [5.74, 6) is 0. The fourth-order valence-corrected chi connectivity index (χ4v) is 10.9. The van der Waals surface area contributed by atoms with Gasteiger partial charge in [0.25, 0.3) is 0 Å². The van der Waals surface area contributed by atoms with Crippen molar-refractivity contribution in [3.63, 3.8) is 0 Å². The van der Waals surface area contributed by atoms with Crippen molar-refractivity contribution in [3.8, 4) is 44.5 Å². The molecule has 0 bridgehead atoms. The van der Waals surface area contributed by atoms with E-state index in [-0.39, 0.29) is 0 Å². The molecule has 12 rings (SSSR count). The molecule has 0 saturated carbocycles. The van der Waals surface area contributed by atoms with Gasteiger partial charge in [-0.1, -0.05) is 293 Å². The van der Waals surface area contributed by atoms with Gasteiger partial charge in [-0.2, -0.15) is 12.1 Å². The normalized spacial score (nSPS) is 11.0. The molecule has 0 saturated heterocycles. The molecule has 0 unspecified atom stereocenters. The topological polar surface area (TPSA) is 0 Å². The van der Waals surface area contributed by atoms with Crippen molar-refractivity contribution in [1.29, 1.82) is 0 Å². The van der Waals surface area contributed by atoms with Crippen molar-refractivity contribution in [2.75, 3.05) is 0 Å². The van der Waals surface area contributed by atoms with Crippen molar-refractivity contribution >= 4 is 91.2 Å². The van der Waals surface area contributed by atoms with Gasteiger partial charge in [0.05, 0.1) is 0 Å². The Hall–Kier alpha value is -5.86. The summed E-state index contributed by atoms with van der Waals surface area (Å²) in [7, 11) is 11.0. The van der Waals surface area contributed by atoms with E-state index in [0.29, 0.717) is 0 Å². The predicted molar refractivity (Wildman–Crippen MR) is 326 cm³/mol. The van der Waals surface area contributed by atoms with Crippen molar-refractivity contribution in [2.45, 2.75) is 78.3 Å². The zero-order valence-corrected chi connectivity index (χ0v) is 48.2. The Bertz CT molecular complexity index is 3280. The molecule has 0 N–H and O–H groups in total. The van der Waals surface area contributed by atoms with Gasteiger partial charge in [-0.25, -0.2) is 0 Å². The summed E-state index contributed by atoms with van der Waals surface area (Å²) < 4.78 is 0. The molecule has 4 heteroatoms. The Labute approximate surface area is 460 Å². The third-order valence-electron chi connectivity index (χ3n) is 14.4. The molecule has 0 amide bonds.